The quantitative estimate of drug-likeness (QED) is 0.746. The lowest BCUT2D eigenvalue weighted by Gasteiger charge is -2.16. The number of hydrogen-bond acceptors (Lipinski definition) is 3. The number of hydrogen-bond donors (Lipinski definition) is 1. The summed E-state index contributed by atoms with van der Waals surface area (Å²) in [6.45, 7) is 3.45. The van der Waals surface area contributed by atoms with Crippen LogP contribution in [0.25, 0.3) is 0 Å². The molecule has 2 N–H and O–H groups in total. The van der Waals surface area contributed by atoms with E-state index in [0.717, 1.165) is 25.2 Å². The fourth-order valence-electron chi connectivity index (χ4n) is 1.68. The van der Waals surface area contributed by atoms with Crippen LogP contribution in [0.2, 0.25) is 0 Å². The summed E-state index contributed by atoms with van der Waals surface area (Å²) in [7, 11) is 2.06. The van der Waals surface area contributed by atoms with Gasteiger partial charge in [0, 0.05) is 18.7 Å². The van der Waals surface area contributed by atoms with E-state index >= 15 is 0 Å². The molecule has 0 heterocycles. The van der Waals surface area contributed by atoms with Gasteiger partial charge in [0.2, 0.25) is 0 Å². The maximum Gasteiger partial charge on any atom is 0.129 e. The Morgan fingerprint density at radius 3 is 2.81 bits per heavy atom. The molecule has 0 aromatic heterocycles. The van der Waals surface area contributed by atoms with E-state index in [0.29, 0.717) is 6.42 Å². The Kier molecular flexibility index (Phi) is 4.99. The molecule has 16 heavy (non-hydrogen) atoms. The van der Waals surface area contributed by atoms with Gasteiger partial charge in [0.05, 0.1) is 0 Å². The normalized spacial score (nSPS) is 10.7. The van der Waals surface area contributed by atoms with Crippen LogP contribution in [-0.4, -0.2) is 24.3 Å². The molecule has 1 rings (SSSR count). The van der Waals surface area contributed by atoms with E-state index in [-0.39, 0.29) is 5.78 Å². The Bertz CT molecular complexity index is 350. The number of nitrogens with two attached hydrogens (primary N) is 1. The van der Waals surface area contributed by atoms with E-state index in [4.69, 9.17) is 5.73 Å². The first-order valence-corrected chi connectivity index (χ1v) is 5.60. The molecule has 0 unspecified atom stereocenters. The second-order valence-corrected chi connectivity index (χ2v) is 4.29. The van der Waals surface area contributed by atoms with Crippen molar-refractivity contribution in [2.24, 2.45) is 0 Å². The zero-order chi connectivity index (χ0) is 12.0. The van der Waals surface area contributed by atoms with Gasteiger partial charge in [-0.15, -0.1) is 0 Å². The fourth-order valence-corrected chi connectivity index (χ4v) is 1.68. The van der Waals surface area contributed by atoms with Crippen LogP contribution in [0.15, 0.2) is 24.3 Å². The van der Waals surface area contributed by atoms with Crippen LogP contribution in [0.4, 0.5) is 5.69 Å². The Balaban J connectivity index is 2.33. The minimum atomic E-state index is 0.261. The van der Waals surface area contributed by atoms with E-state index < -0.39 is 0 Å². The Morgan fingerprint density at radius 2 is 2.19 bits per heavy atom. The minimum absolute atomic E-state index is 0.261. The van der Waals surface area contributed by atoms with Crippen molar-refractivity contribution in [3.05, 3.63) is 29.8 Å². The first-order valence-electron chi connectivity index (χ1n) is 5.60. The van der Waals surface area contributed by atoms with Crippen molar-refractivity contribution in [1.29, 1.82) is 0 Å². The van der Waals surface area contributed by atoms with Gasteiger partial charge in [-0.3, -0.25) is 0 Å². The van der Waals surface area contributed by atoms with Gasteiger partial charge in [-0.1, -0.05) is 12.1 Å². The van der Waals surface area contributed by atoms with E-state index in [1.54, 1.807) is 6.92 Å². The molecule has 0 aliphatic rings. The third-order valence-electron chi connectivity index (χ3n) is 2.47. The van der Waals surface area contributed by atoms with Crippen molar-refractivity contribution in [2.75, 3.05) is 19.3 Å². The lowest BCUT2D eigenvalue weighted by Crippen LogP contribution is -2.19. The van der Waals surface area contributed by atoms with Crippen molar-refractivity contribution in [1.82, 2.24) is 4.90 Å². The molecule has 0 saturated carbocycles. The second-order valence-electron chi connectivity index (χ2n) is 4.29. The summed E-state index contributed by atoms with van der Waals surface area (Å²) in [6.07, 6.45) is 1.59. The van der Waals surface area contributed by atoms with Crippen LogP contribution in [0.5, 0.6) is 0 Å². The number of anilines is 1. The molecule has 0 atom stereocenters. The number of nitrogens with zero attached hydrogens (tertiary/aromatic N) is 1. The average molecular weight is 220 g/mol. The third kappa shape index (κ3) is 4.94. The van der Waals surface area contributed by atoms with Gasteiger partial charge in [-0.25, -0.2) is 0 Å². The average Bonchev–Trinajstić information content (AvgIpc) is 2.16. The van der Waals surface area contributed by atoms with E-state index in [2.05, 4.69) is 18.0 Å². The molecule has 0 spiro atoms. The number of nitrogen functional groups attached to an aromatic ring is 1. The molecule has 3 heteroatoms. The van der Waals surface area contributed by atoms with Crippen LogP contribution in [0.1, 0.15) is 25.3 Å². The van der Waals surface area contributed by atoms with Gasteiger partial charge in [-0.2, -0.15) is 0 Å². The highest BCUT2D eigenvalue weighted by molar-refractivity contribution is 5.75. The largest absolute Gasteiger partial charge is 0.399 e. The molecule has 0 bridgehead atoms. The summed E-state index contributed by atoms with van der Waals surface area (Å²) >= 11 is 0. The smallest absolute Gasteiger partial charge is 0.129 e. The van der Waals surface area contributed by atoms with Gasteiger partial charge < -0.3 is 15.4 Å². The van der Waals surface area contributed by atoms with Gasteiger partial charge >= 0.3 is 0 Å². The summed E-state index contributed by atoms with van der Waals surface area (Å²) in [5.41, 5.74) is 7.72. The monoisotopic (exact) mass is 220 g/mol. The Hall–Kier alpha value is -1.35. The van der Waals surface area contributed by atoms with Gasteiger partial charge in [-0.05, 0) is 44.6 Å². The van der Waals surface area contributed by atoms with Crippen LogP contribution in [0, 0.1) is 0 Å². The maximum atomic E-state index is 10.8. The maximum absolute atomic E-state index is 10.8. The number of ketones is 1. The molecule has 0 aliphatic carbocycles. The van der Waals surface area contributed by atoms with Gasteiger partial charge in [0.15, 0.2) is 0 Å². The molecule has 1 aromatic rings. The van der Waals surface area contributed by atoms with Crippen LogP contribution in [-0.2, 0) is 11.3 Å². The van der Waals surface area contributed by atoms with Crippen LogP contribution in [0.3, 0.4) is 0 Å². The highest BCUT2D eigenvalue weighted by atomic mass is 16.1. The number of carbonyl (C=O) groups is 1. The summed E-state index contributed by atoms with van der Waals surface area (Å²) in [5.74, 6) is 0.261. The molecule has 88 valence electrons. The zero-order valence-corrected chi connectivity index (χ0v) is 10.1. The summed E-state index contributed by atoms with van der Waals surface area (Å²) in [4.78, 5) is 13.0. The molecular weight excluding hydrogens is 200 g/mol. The second kappa shape index (κ2) is 6.28. The topological polar surface area (TPSA) is 46.3 Å². The highest BCUT2D eigenvalue weighted by Gasteiger charge is 2.01. The zero-order valence-electron chi connectivity index (χ0n) is 10.1. The van der Waals surface area contributed by atoms with Crippen molar-refractivity contribution in [3.63, 3.8) is 0 Å². The highest BCUT2D eigenvalue weighted by Crippen LogP contribution is 2.09. The van der Waals surface area contributed by atoms with Crippen molar-refractivity contribution in [3.8, 4) is 0 Å². The van der Waals surface area contributed by atoms with Crippen LogP contribution < -0.4 is 5.73 Å². The lowest BCUT2D eigenvalue weighted by atomic mass is 10.2. The van der Waals surface area contributed by atoms with E-state index in [1.807, 2.05) is 18.2 Å². The molecule has 0 fully saturated rings. The summed E-state index contributed by atoms with van der Waals surface area (Å²) in [5, 5.41) is 0. The number of benzene rings is 1. The molecule has 0 radical (unpaired) electrons. The predicted molar refractivity (Wildman–Crippen MR) is 67.1 cm³/mol. The predicted octanol–water partition coefficient (Wildman–Crippen LogP) is 2.07. The molecule has 0 aliphatic heterocycles. The summed E-state index contributed by atoms with van der Waals surface area (Å²) in [6, 6.07) is 7.91. The number of Topliss-reactive ketones (excluding diaryl/α,β-unsaturated/α-hetero) is 1. The van der Waals surface area contributed by atoms with Crippen molar-refractivity contribution < 1.29 is 4.79 Å². The molecule has 1 aromatic carbocycles. The molecular formula is C13H20N2O. The SMILES string of the molecule is CC(=O)CCCN(C)Cc1cccc(N)c1. The van der Waals surface area contributed by atoms with E-state index in [9.17, 15) is 4.79 Å². The molecule has 0 amide bonds. The Morgan fingerprint density at radius 1 is 1.44 bits per heavy atom. The van der Waals surface area contributed by atoms with Crippen LogP contribution >= 0.6 is 0 Å². The molecule has 0 saturated heterocycles. The number of rotatable bonds is 6. The first kappa shape index (κ1) is 12.7. The van der Waals surface area contributed by atoms with Crippen molar-refractivity contribution >= 4 is 11.5 Å². The lowest BCUT2D eigenvalue weighted by molar-refractivity contribution is -0.117. The molecule has 3 nitrogen and oxygen atoms in total. The number of carbonyl (C=O) groups excluding carboxylic acids is 1. The minimum Gasteiger partial charge on any atom is -0.399 e. The third-order valence-corrected chi connectivity index (χ3v) is 2.47. The van der Waals surface area contributed by atoms with Crippen molar-refractivity contribution in [2.45, 2.75) is 26.3 Å². The van der Waals surface area contributed by atoms with E-state index in [1.165, 1.54) is 5.56 Å². The standard InChI is InChI=1S/C13H20N2O/c1-11(16)5-4-8-15(2)10-12-6-3-7-13(14)9-12/h3,6-7,9H,4-5,8,10,14H2,1-2H3. The summed E-state index contributed by atoms with van der Waals surface area (Å²) < 4.78 is 0. The van der Waals surface area contributed by atoms with Gasteiger partial charge in [0.1, 0.15) is 5.78 Å². The Labute approximate surface area is 97.2 Å². The first-order chi connectivity index (χ1) is 7.58. The fraction of sp³-hybridized carbons (Fsp3) is 0.462. The van der Waals surface area contributed by atoms with Gasteiger partial charge in [0.25, 0.3) is 0 Å².